The van der Waals surface area contributed by atoms with E-state index in [9.17, 15) is 4.79 Å². The quantitative estimate of drug-likeness (QED) is 0.777. The van der Waals surface area contributed by atoms with E-state index in [1.165, 1.54) is 12.8 Å². The third-order valence-electron chi connectivity index (χ3n) is 4.07. The molecule has 21 heavy (non-hydrogen) atoms. The first-order valence-corrected chi connectivity index (χ1v) is 7.11. The van der Waals surface area contributed by atoms with E-state index in [0.29, 0.717) is 17.3 Å². The Morgan fingerprint density at radius 1 is 1.38 bits per heavy atom. The number of hydrogen-bond acceptors (Lipinski definition) is 5. The minimum Gasteiger partial charge on any atom is -0.348 e. The molecule has 3 heterocycles. The van der Waals surface area contributed by atoms with Crippen molar-refractivity contribution >= 4 is 11.1 Å². The van der Waals surface area contributed by atoms with Crippen molar-refractivity contribution in [2.24, 2.45) is 7.05 Å². The second-order valence-corrected chi connectivity index (χ2v) is 5.54. The first-order chi connectivity index (χ1) is 10.2. The molecule has 0 atom stereocenters. The number of nitrogens with zero attached hydrogens (tertiary/aromatic N) is 4. The van der Waals surface area contributed by atoms with Crippen molar-refractivity contribution in [1.29, 1.82) is 0 Å². The number of fused-ring (bicyclic) bond motifs is 1. The van der Waals surface area contributed by atoms with Gasteiger partial charge in [0.05, 0.1) is 11.8 Å². The van der Waals surface area contributed by atoms with Gasteiger partial charge in [-0.1, -0.05) is 18.0 Å². The Balaban J connectivity index is 1.90. The summed E-state index contributed by atoms with van der Waals surface area (Å²) in [5.41, 5.74) is 2.10. The molecule has 4 rings (SSSR count). The van der Waals surface area contributed by atoms with Crippen LogP contribution in [-0.2, 0) is 7.05 Å². The lowest BCUT2D eigenvalue weighted by Gasteiger charge is -2.03. The second-order valence-electron chi connectivity index (χ2n) is 5.54. The van der Waals surface area contributed by atoms with Gasteiger partial charge in [-0.05, 0) is 12.8 Å². The van der Waals surface area contributed by atoms with Crippen molar-refractivity contribution in [2.75, 3.05) is 0 Å². The van der Waals surface area contributed by atoms with Crippen molar-refractivity contribution < 1.29 is 4.52 Å². The highest BCUT2D eigenvalue weighted by molar-refractivity contribution is 5.76. The summed E-state index contributed by atoms with van der Waals surface area (Å²) < 4.78 is 6.88. The van der Waals surface area contributed by atoms with Gasteiger partial charge < -0.3 is 9.51 Å². The molecule has 1 aliphatic carbocycles. The number of nitrogens with one attached hydrogen (secondary N) is 1. The first-order valence-electron chi connectivity index (χ1n) is 7.11. The Kier molecular flexibility index (Phi) is 2.66. The molecule has 0 aliphatic heterocycles. The number of aryl methyl sites for hydroxylation is 1. The van der Waals surface area contributed by atoms with Crippen LogP contribution in [0.3, 0.4) is 0 Å². The predicted molar refractivity (Wildman–Crippen MR) is 75.8 cm³/mol. The van der Waals surface area contributed by atoms with Crippen LogP contribution < -0.4 is 5.56 Å². The van der Waals surface area contributed by atoms with Gasteiger partial charge in [0.25, 0.3) is 5.56 Å². The van der Waals surface area contributed by atoms with Crippen LogP contribution in [0.25, 0.3) is 22.5 Å². The Hall–Kier alpha value is -2.44. The summed E-state index contributed by atoms with van der Waals surface area (Å²) in [6.45, 7) is 0. The average molecular weight is 285 g/mol. The fraction of sp³-hybridized carbons (Fsp3) is 0.429. The molecule has 7 nitrogen and oxygen atoms in total. The van der Waals surface area contributed by atoms with E-state index >= 15 is 0 Å². The lowest BCUT2D eigenvalue weighted by atomic mass is 10.0. The molecule has 3 aromatic rings. The topological polar surface area (TPSA) is 89.6 Å². The highest BCUT2D eigenvalue weighted by atomic mass is 16.5. The maximum Gasteiger partial charge on any atom is 0.297 e. The number of aromatic nitrogens is 5. The molecule has 1 aliphatic rings. The van der Waals surface area contributed by atoms with Crippen LogP contribution in [0, 0.1) is 0 Å². The van der Waals surface area contributed by atoms with E-state index in [4.69, 9.17) is 4.52 Å². The van der Waals surface area contributed by atoms with E-state index in [1.54, 1.807) is 10.9 Å². The summed E-state index contributed by atoms with van der Waals surface area (Å²) in [4.78, 5) is 19.4. The van der Waals surface area contributed by atoms with Crippen molar-refractivity contribution in [3.8, 4) is 11.4 Å². The second kappa shape index (κ2) is 4.54. The summed E-state index contributed by atoms with van der Waals surface area (Å²) >= 11 is 0. The Labute approximate surface area is 120 Å². The number of H-pyrrole nitrogens is 1. The van der Waals surface area contributed by atoms with Crippen molar-refractivity contribution in [2.45, 2.75) is 31.6 Å². The Bertz CT molecular complexity index is 854. The maximum atomic E-state index is 12.2. The summed E-state index contributed by atoms with van der Waals surface area (Å²) in [7, 11) is 1.82. The van der Waals surface area contributed by atoms with Gasteiger partial charge in [-0.3, -0.25) is 9.48 Å². The maximum absolute atomic E-state index is 12.2. The third-order valence-corrected chi connectivity index (χ3v) is 4.07. The summed E-state index contributed by atoms with van der Waals surface area (Å²) in [5, 5.41) is 8.21. The van der Waals surface area contributed by atoms with E-state index in [1.807, 2.05) is 13.2 Å². The molecule has 7 heteroatoms. The zero-order valence-electron chi connectivity index (χ0n) is 11.7. The van der Waals surface area contributed by atoms with Gasteiger partial charge in [0.1, 0.15) is 17.0 Å². The van der Waals surface area contributed by atoms with E-state index in [-0.39, 0.29) is 11.1 Å². The van der Waals surface area contributed by atoms with Gasteiger partial charge in [0.2, 0.25) is 5.58 Å². The largest absolute Gasteiger partial charge is 0.348 e. The number of aromatic amines is 1. The minimum absolute atomic E-state index is 0.213. The van der Waals surface area contributed by atoms with Gasteiger partial charge in [-0.25, -0.2) is 4.98 Å². The normalized spacial score (nSPS) is 16.0. The zero-order valence-corrected chi connectivity index (χ0v) is 11.7. The third kappa shape index (κ3) is 1.96. The smallest absolute Gasteiger partial charge is 0.297 e. The fourth-order valence-corrected chi connectivity index (χ4v) is 3.01. The molecule has 0 amide bonds. The molecule has 0 aromatic carbocycles. The Morgan fingerprint density at radius 2 is 2.19 bits per heavy atom. The highest BCUT2D eigenvalue weighted by Gasteiger charge is 2.25. The summed E-state index contributed by atoms with van der Waals surface area (Å²) in [5.74, 6) is 0.852. The number of hydrogen-bond donors (Lipinski definition) is 1. The molecular weight excluding hydrogens is 270 g/mol. The molecule has 0 radical (unpaired) electrons. The van der Waals surface area contributed by atoms with E-state index < -0.39 is 0 Å². The van der Waals surface area contributed by atoms with Crippen LogP contribution in [0.4, 0.5) is 0 Å². The van der Waals surface area contributed by atoms with Crippen molar-refractivity contribution in [3.63, 3.8) is 0 Å². The number of rotatable bonds is 2. The van der Waals surface area contributed by atoms with Gasteiger partial charge in [-0.2, -0.15) is 5.10 Å². The van der Waals surface area contributed by atoms with Gasteiger partial charge in [0, 0.05) is 19.2 Å². The van der Waals surface area contributed by atoms with E-state index in [2.05, 4.69) is 20.2 Å². The molecule has 3 aromatic heterocycles. The average Bonchev–Trinajstić information content (AvgIpc) is 3.16. The molecule has 0 unspecified atom stereocenters. The van der Waals surface area contributed by atoms with Gasteiger partial charge >= 0.3 is 0 Å². The van der Waals surface area contributed by atoms with Crippen LogP contribution >= 0.6 is 0 Å². The van der Waals surface area contributed by atoms with Crippen LogP contribution in [0.1, 0.15) is 37.3 Å². The van der Waals surface area contributed by atoms with Crippen molar-refractivity contribution in [3.05, 3.63) is 28.4 Å². The molecule has 1 N–H and O–H groups in total. The molecule has 1 saturated carbocycles. The summed E-state index contributed by atoms with van der Waals surface area (Å²) in [6.07, 6.45) is 8.03. The Morgan fingerprint density at radius 3 is 2.90 bits per heavy atom. The monoisotopic (exact) mass is 285 g/mol. The molecule has 108 valence electrons. The lowest BCUT2D eigenvalue weighted by Crippen LogP contribution is -2.09. The fourth-order valence-electron chi connectivity index (χ4n) is 3.01. The minimum atomic E-state index is -0.296. The molecular formula is C14H15N5O2. The molecule has 0 spiro atoms. The lowest BCUT2D eigenvalue weighted by molar-refractivity contribution is 0.434. The predicted octanol–water partition coefficient (Wildman–Crippen LogP) is 1.97. The summed E-state index contributed by atoms with van der Waals surface area (Å²) in [6, 6.07) is 0. The van der Waals surface area contributed by atoms with Crippen LogP contribution in [0.5, 0.6) is 0 Å². The first kappa shape index (κ1) is 12.3. The zero-order chi connectivity index (χ0) is 14.4. The van der Waals surface area contributed by atoms with E-state index in [0.717, 1.165) is 24.1 Å². The van der Waals surface area contributed by atoms with Crippen LogP contribution in [0.2, 0.25) is 0 Å². The van der Waals surface area contributed by atoms with Crippen molar-refractivity contribution in [1.82, 2.24) is 24.9 Å². The molecule has 1 fully saturated rings. The molecule has 0 saturated heterocycles. The van der Waals surface area contributed by atoms with Crippen LogP contribution in [0.15, 0.2) is 21.7 Å². The molecule has 0 bridgehead atoms. The SMILES string of the molecule is Cn1cc(-c2nc3c(C4CCCC4)noc3c(=O)[nH]2)cn1. The highest BCUT2D eigenvalue weighted by Crippen LogP contribution is 2.36. The standard InChI is InChI=1S/C14H15N5O2/c1-19-7-9(6-15-19)13-16-11-10(8-4-2-3-5-8)18-21-12(11)14(20)17-13/h6-8H,2-5H2,1H3,(H,16,17,20). The van der Waals surface area contributed by atoms with Gasteiger partial charge in [0.15, 0.2) is 0 Å². The van der Waals surface area contributed by atoms with Crippen LogP contribution in [-0.4, -0.2) is 24.9 Å². The van der Waals surface area contributed by atoms with Gasteiger partial charge in [-0.15, -0.1) is 0 Å².